The van der Waals surface area contributed by atoms with Crippen LogP contribution in [0.2, 0.25) is 0 Å². The Morgan fingerprint density at radius 3 is 2.38 bits per heavy atom. The molecule has 1 atom stereocenters. The summed E-state index contributed by atoms with van der Waals surface area (Å²) in [6.07, 6.45) is 0. The van der Waals surface area contributed by atoms with Crippen molar-refractivity contribution in [1.82, 2.24) is 4.76 Å². The van der Waals surface area contributed by atoms with Crippen LogP contribution >= 0.6 is 0 Å². The van der Waals surface area contributed by atoms with E-state index in [0.717, 1.165) is 0 Å². The molecule has 2 aromatic carbocycles. The van der Waals surface area contributed by atoms with E-state index < -0.39 is 4.76 Å². The van der Waals surface area contributed by atoms with Gasteiger partial charge in [0.2, 0.25) is 0 Å². The molecule has 2 aromatic rings. The summed E-state index contributed by atoms with van der Waals surface area (Å²) in [5, 5.41) is 20.3. The molecule has 0 N–H and O–H groups in total. The Labute approximate surface area is 92.6 Å². The van der Waals surface area contributed by atoms with Crippen LogP contribution in [0.1, 0.15) is 0 Å². The zero-order chi connectivity index (χ0) is 11.0. The van der Waals surface area contributed by atoms with Gasteiger partial charge in [0, 0.05) is 23.4 Å². The van der Waals surface area contributed by atoms with Gasteiger partial charge in [0.25, 0.3) is 0 Å². The number of para-hydroxylation sites is 2. The highest BCUT2D eigenvalue weighted by atomic mass is 16.6. The second-order valence-electron chi connectivity index (χ2n) is 3.59. The van der Waals surface area contributed by atoms with Gasteiger partial charge < -0.3 is 5.21 Å². The zero-order valence-corrected chi connectivity index (χ0v) is 8.45. The molecule has 3 rings (SSSR count). The monoisotopic (exact) mass is 211 g/mol. The van der Waals surface area contributed by atoms with Crippen molar-refractivity contribution in [1.29, 1.82) is 0 Å². The van der Waals surface area contributed by atoms with Gasteiger partial charge in [-0.25, -0.2) is 0 Å². The highest BCUT2D eigenvalue weighted by molar-refractivity contribution is 5.72. The molecule has 0 amide bonds. The van der Waals surface area contributed by atoms with Crippen molar-refractivity contribution in [3.63, 3.8) is 0 Å². The molecule has 0 radical (unpaired) electrons. The number of hydrogen-bond acceptors (Lipinski definition) is 3. The minimum absolute atomic E-state index is 0.564. The van der Waals surface area contributed by atoms with Crippen LogP contribution < -0.4 is 4.76 Å². The predicted octanol–water partition coefficient (Wildman–Crippen LogP) is 3.84. The van der Waals surface area contributed by atoms with Gasteiger partial charge in [-0.3, -0.25) is 0 Å². The molecule has 0 saturated heterocycles. The van der Waals surface area contributed by atoms with Crippen LogP contribution in [0.4, 0.5) is 17.1 Å². The van der Waals surface area contributed by atoms with Crippen LogP contribution in [-0.4, -0.2) is 0 Å². The molecule has 1 unspecified atom stereocenters. The first-order valence-electron chi connectivity index (χ1n) is 4.99. The predicted molar refractivity (Wildman–Crippen MR) is 62.2 cm³/mol. The van der Waals surface area contributed by atoms with Crippen molar-refractivity contribution in [2.45, 2.75) is 0 Å². The SMILES string of the molecule is [O-][N+]1(c2ccccc2)N=Nc2ccccc21. The van der Waals surface area contributed by atoms with Crippen molar-refractivity contribution in [3.8, 4) is 0 Å². The molecule has 0 aromatic heterocycles. The van der Waals surface area contributed by atoms with Gasteiger partial charge >= 0.3 is 0 Å². The van der Waals surface area contributed by atoms with E-state index in [4.69, 9.17) is 0 Å². The maximum atomic E-state index is 12.6. The third-order valence-electron chi connectivity index (χ3n) is 2.59. The average Bonchev–Trinajstić information content (AvgIpc) is 2.71. The minimum Gasteiger partial charge on any atom is -0.593 e. The smallest absolute Gasteiger partial charge is 0.194 e. The van der Waals surface area contributed by atoms with E-state index in [9.17, 15) is 5.21 Å². The standard InChI is InChI=1S/C12H9N3O/c16-15(10-6-2-1-3-7-10)12-9-5-4-8-11(12)13-14-15/h1-9H. The summed E-state index contributed by atoms with van der Waals surface area (Å²) in [6.45, 7) is 0. The lowest BCUT2D eigenvalue weighted by Gasteiger charge is -2.29. The van der Waals surface area contributed by atoms with Crippen molar-refractivity contribution >= 4 is 17.1 Å². The largest absolute Gasteiger partial charge is 0.593 e. The van der Waals surface area contributed by atoms with Crippen molar-refractivity contribution < 1.29 is 0 Å². The molecule has 0 aliphatic carbocycles. The van der Waals surface area contributed by atoms with Gasteiger partial charge in [0.1, 0.15) is 0 Å². The summed E-state index contributed by atoms with van der Waals surface area (Å²) in [5.74, 6) is 0. The Bertz CT molecular complexity index is 553. The molecule has 0 fully saturated rings. The molecule has 4 heteroatoms. The van der Waals surface area contributed by atoms with Crippen LogP contribution in [0, 0.1) is 5.21 Å². The summed E-state index contributed by atoms with van der Waals surface area (Å²) >= 11 is 0. The Balaban J connectivity index is 2.19. The summed E-state index contributed by atoms with van der Waals surface area (Å²) in [6, 6.07) is 16.3. The number of quaternary nitrogens is 1. The van der Waals surface area contributed by atoms with Gasteiger partial charge in [-0.1, -0.05) is 35.4 Å². The fraction of sp³-hybridized carbons (Fsp3) is 0. The van der Waals surface area contributed by atoms with E-state index in [1.807, 2.05) is 30.3 Å². The van der Waals surface area contributed by atoms with E-state index in [1.165, 1.54) is 0 Å². The molecule has 0 saturated carbocycles. The van der Waals surface area contributed by atoms with E-state index in [-0.39, 0.29) is 0 Å². The normalized spacial score (nSPS) is 22.1. The lowest BCUT2D eigenvalue weighted by atomic mass is 10.2. The molecule has 1 heterocycles. The Morgan fingerprint density at radius 1 is 0.875 bits per heavy atom. The molecular formula is C12H9N3O. The third-order valence-corrected chi connectivity index (χ3v) is 2.59. The number of benzene rings is 2. The molecule has 1 aliphatic rings. The first-order valence-corrected chi connectivity index (χ1v) is 4.99. The second kappa shape index (κ2) is 3.23. The van der Waals surface area contributed by atoms with Crippen LogP contribution in [0.15, 0.2) is 64.9 Å². The van der Waals surface area contributed by atoms with Crippen LogP contribution in [-0.2, 0) is 0 Å². The van der Waals surface area contributed by atoms with Crippen molar-refractivity contribution in [2.75, 3.05) is 0 Å². The first-order chi connectivity index (χ1) is 7.81. The summed E-state index contributed by atoms with van der Waals surface area (Å²) < 4.78 is -0.850. The molecule has 4 nitrogen and oxygen atoms in total. The van der Waals surface area contributed by atoms with Gasteiger partial charge in [0.15, 0.2) is 17.1 Å². The fourth-order valence-electron chi connectivity index (χ4n) is 1.79. The average molecular weight is 211 g/mol. The van der Waals surface area contributed by atoms with Crippen LogP contribution in [0.25, 0.3) is 0 Å². The number of rotatable bonds is 1. The zero-order valence-electron chi connectivity index (χ0n) is 8.45. The molecule has 0 spiro atoms. The van der Waals surface area contributed by atoms with E-state index in [2.05, 4.69) is 10.3 Å². The summed E-state index contributed by atoms with van der Waals surface area (Å²) in [5.41, 5.74) is 1.77. The van der Waals surface area contributed by atoms with Crippen LogP contribution in [0.5, 0.6) is 0 Å². The number of hydrogen-bond donors (Lipinski definition) is 0. The lowest BCUT2D eigenvalue weighted by molar-refractivity contribution is 0.532. The number of fused-ring (bicyclic) bond motifs is 1. The Hall–Kier alpha value is -2.04. The molecule has 0 bridgehead atoms. The lowest BCUT2D eigenvalue weighted by Crippen LogP contribution is -2.27. The topological polar surface area (TPSA) is 47.8 Å². The minimum atomic E-state index is -0.850. The quantitative estimate of drug-likeness (QED) is 0.522. The van der Waals surface area contributed by atoms with Gasteiger partial charge in [-0.05, 0) is 6.07 Å². The Morgan fingerprint density at radius 2 is 1.56 bits per heavy atom. The molecule has 1 aliphatic heterocycles. The molecular weight excluding hydrogens is 202 g/mol. The van der Waals surface area contributed by atoms with Gasteiger partial charge in [-0.15, -0.1) is 4.76 Å². The Kier molecular flexibility index (Phi) is 1.86. The van der Waals surface area contributed by atoms with E-state index in [1.54, 1.807) is 24.3 Å². The second-order valence-corrected chi connectivity index (χ2v) is 3.59. The fourth-order valence-corrected chi connectivity index (χ4v) is 1.79. The first kappa shape index (κ1) is 9.21. The number of nitrogens with zero attached hydrogens (tertiary/aromatic N) is 3. The van der Waals surface area contributed by atoms with Crippen LogP contribution in [0.3, 0.4) is 0 Å². The molecule has 78 valence electrons. The third kappa shape index (κ3) is 1.18. The maximum Gasteiger partial charge on any atom is 0.194 e. The van der Waals surface area contributed by atoms with Crippen molar-refractivity contribution in [3.05, 3.63) is 59.8 Å². The maximum absolute atomic E-state index is 12.6. The van der Waals surface area contributed by atoms with Crippen molar-refractivity contribution in [2.24, 2.45) is 10.3 Å². The van der Waals surface area contributed by atoms with E-state index >= 15 is 0 Å². The van der Waals surface area contributed by atoms with Gasteiger partial charge in [0.05, 0.1) is 0 Å². The summed E-state index contributed by atoms with van der Waals surface area (Å²) in [7, 11) is 0. The highest BCUT2D eigenvalue weighted by Crippen LogP contribution is 2.45. The van der Waals surface area contributed by atoms with E-state index in [0.29, 0.717) is 17.1 Å². The summed E-state index contributed by atoms with van der Waals surface area (Å²) in [4.78, 5) is 0. The highest BCUT2D eigenvalue weighted by Gasteiger charge is 2.32. The molecule has 16 heavy (non-hydrogen) atoms. The van der Waals surface area contributed by atoms with Gasteiger partial charge in [-0.2, -0.15) is 0 Å².